The van der Waals surface area contributed by atoms with Crippen LogP contribution in [0.3, 0.4) is 0 Å². The zero-order valence-corrected chi connectivity index (χ0v) is 21.4. The van der Waals surface area contributed by atoms with Crippen molar-refractivity contribution in [3.05, 3.63) is 43.0 Å². The average molecular weight is 547 g/mol. The van der Waals surface area contributed by atoms with Gasteiger partial charge in [-0.05, 0) is 12.5 Å². The van der Waals surface area contributed by atoms with E-state index in [1.54, 1.807) is 0 Å². The first-order valence-electron chi connectivity index (χ1n) is 8.02. The monoisotopic (exact) mass is 547 g/mol. The van der Waals surface area contributed by atoms with Crippen LogP contribution in [-0.2, 0) is 31.6 Å². The van der Waals surface area contributed by atoms with Crippen molar-refractivity contribution in [1.29, 1.82) is 0 Å². The summed E-state index contributed by atoms with van der Waals surface area (Å²) in [7, 11) is -17.1. The molecule has 0 bridgehead atoms. The van der Waals surface area contributed by atoms with Crippen molar-refractivity contribution in [2.45, 2.75) is 31.4 Å². The van der Waals surface area contributed by atoms with E-state index in [0.29, 0.717) is 0 Å². The fourth-order valence-electron chi connectivity index (χ4n) is 2.51. The third kappa shape index (κ3) is 8.19. The largest absolute Gasteiger partial charge is 1.00 e. The molecule has 23 heteroatoms. The number of phosphoric ester groups is 1. The Morgan fingerprint density at radius 2 is 1.91 bits per heavy atom. The van der Waals surface area contributed by atoms with Crippen LogP contribution in [0, 0.1) is 6.92 Å². The van der Waals surface area contributed by atoms with E-state index in [1.165, 1.54) is 6.92 Å². The Morgan fingerprint density at radius 1 is 1.30 bits per heavy atom. The molecular weight excluding hydrogens is 530 g/mol. The van der Waals surface area contributed by atoms with E-state index >= 15 is 0 Å². The summed E-state index contributed by atoms with van der Waals surface area (Å²) in [4.78, 5) is 63.6. The van der Waals surface area contributed by atoms with Crippen molar-refractivity contribution in [2.75, 3.05) is 6.61 Å². The summed E-state index contributed by atoms with van der Waals surface area (Å²) in [6.07, 6.45) is -2.49. The molecule has 0 amide bonds. The van der Waals surface area contributed by atoms with Crippen LogP contribution >= 0.6 is 23.5 Å². The zero-order chi connectivity index (χ0) is 24.5. The minimum Gasteiger partial charge on any atom is -1.00 e. The summed E-state index contributed by atoms with van der Waals surface area (Å²) in [5.41, 5.74) is 4.75. The van der Waals surface area contributed by atoms with Crippen molar-refractivity contribution in [2.24, 2.45) is 5.11 Å². The third-order valence-corrected chi connectivity index (χ3v) is 7.59. The quantitative estimate of drug-likeness (QED) is 0.0577. The van der Waals surface area contributed by atoms with E-state index < -0.39 is 65.8 Å². The number of rotatable bonds is 9. The average Bonchev–Trinajstić information content (AvgIpc) is 2.90. The standard InChI is InChI=1S/C10H16N5O14P3.Na.H/c1-5-3-15(9(18)12-8(5)17)7-2-6(16)10(27-7,13-14-11)4-26-31(22,23)29-32(24,25)28-30(19,20)21;;/h3,6-7,16H,2,4H2,1H3,(H,22,23)(H,24,25)(H,12,17,18)(H2,19,20,21);;/q;+1;-1/t6-,7+,10+;;/m0../s1. The molecule has 0 aliphatic carbocycles. The summed E-state index contributed by atoms with van der Waals surface area (Å²) in [5, 5.41) is 13.5. The molecule has 0 saturated carbocycles. The van der Waals surface area contributed by atoms with E-state index in [1.807, 2.05) is 4.98 Å². The molecule has 1 aromatic rings. The van der Waals surface area contributed by atoms with Crippen molar-refractivity contribution in [1.82, 2.24) is 9.55 Å². The molecule has 2 rings (SSSR count). The van der Waals surface area contributed by atoms with Gasteiger partial charge in [-0.2, -0.15) is 8.62 Å². The number of aryl methyl sites for hydroxylation is 1. The molecule has 0 spiro atoms. The Labute approximate surface area is 206 Å². The Bertz CT molecular complexity index is 1200. The minimum absolute atomic E-state index is 0. The van der Waals surface area contributed by atoms with Crippen LogP contribution in [-0.4, -0.2) is 52.7 Å². The second-order valence-corrected chi connectivity index (χ2v) is 10.6. The van der Waals surface area contributed by atoms with E-state index in [2.05, 4.69) is 23.2 Å². The van der Waals surface area contributed by atoms with Crippen LogP contribution in [0.4, 0.5) is 0 Å². The van der Waals surface area contributed by atoms with Gasteiger partial charge in [0.05, 0.1) is 12.7 Å². The van der Waals surface area contributed by atoms with Gasteiger partial charge in [0.15, 0.2) is 5.72 Å². The Kier molecular flexibility index (Phi) is 10.1. The van der Waals surface area contributed by atoms with E-state index in [-0.39, 0.29) is 36.5 Å². The number of nitrogens with one attached hydrogen (secondary N) is 1. The molecule has 1 aliphatic rings. The maximum Gasteiger partial charge on any atom is 1.00 e. The summed E-state index contributed by atoms with van der Waals surface area (Å²) >= 11 is 0. The molecule has 2 heterocycles. The van der Waals surface area contributed by atoms with Crippen molar-refractivity contribution < 1.29 is 87.2 Å². The number of aromatic nitrogens is 2. The Balaban J connectivity index is 0.00000544. The third-order valence-electron chi connectivity index (χ3n) is 3.81. The molecule has 19 nitrogen and oxygen atoms in total. The number of phosphoric acid groups is 3. The summed E-state index contributed by atoms with van der Waals surface area (Å²) in [6.45, 7) is 0.0612. The second-order valence-electron chi connectivity index (χ2n) is 6.20. The first-order chi connectivity index (χ1) is 14.5. The molecule has 1 saturated heterocycles. The maximum atomic E-state index is 12.0. The number of nitrogens with zero attached hydrogens (tertiary/aromatic N) is 4. The molecule has 0 aromatic carbocycles. The smallest absolute Gasteiger partial charge is 1.00 e. The van der Waals surface area contributed by atoms with Gasteiger partial charge in [0.25, 0.3) is 5.56 Å². The molecule has 6 N–H and O–H groups in total. The van der Waals surface area contributed by atoms with Crippen molar-refractivity contribution >= 4 is 23.5 Å². The van der Waals surface area contributed by atoms with E-state index in [4.69, 9.17) is 24.9 Å². The van der Waals surface area contributed by atoms with Crippen molar-refractivity contribution in [3.63, 3.8) is 0 Å². The molecule has 1 aliphatic heterocycles. The Morgan fingerprint density at radius 3 is 2.45 bits per heavy atom. The predicted molar refractivity (Wildman–Crippen MR) is 99.6 cm³/mol. The number of ether oxygens (including phenoxy) is 1. The number of hydrogen-bond donors (Lipinski definition) is 6. The number of hydrogen-bond acceptors (Lipinski definition) is 11. The van der Waals surface area contributed by atoms with Crippen LogP contribution in [0.1, 0.15) is 19.6 Å². The van der Waals surface area contributed by atoms with Gasteiger partial charge < -0.3 is 30.8 Å². The van der Waals surface area contributed by atoms with Gasteiger partial charge in [-0.1, -0.05) is 5.11 Å². The number of azide groups is 1. The molecule has 1 fully saturated rings. The van der Waals surface area contributed by atoms with E-state index in [0.717, 1.165) is 10.8 Å². The Hall–Kier alpha value is -0.680. The van der Waals surface area contributed by atoms with Crippen LogP contribution in [0.15, 0.2) is 20.9 Å². The van der Waals surface area contributed by atoms with Crippen molar-refractivity contribution in [3.8, 4) is 0 Å². The van der Waals surface area contributed by atoms with Gasteiger partial charge in [-0.15, -0.1) is 0 Å². The molecular formula is C10H17N5NaO14P3. The predicted octanol–water partition coefficient (Wildman–Crippen LogP) is -3.41. The topological polar surface area (TPSA) is 293 Å². The molecule has 2 unspecified atom stereocenters. The zero-order valence-electron chi connectivity index (χ0n) is 17.7. The van der Waals surface area contributed by atoms with Gasteiger partial charge >= 0.3 is 58.7 Å². The first-order valence-corrected chi connectivity index (χ1v) is 12.5. The van der Waals surface area contributed by atoms with E-state index in [9.17, 15) is 33.3 Å². The summed E-state index contributed by atoms with van der Waals surface area (Å²) < 4.78 is 51.5. The number of H-pyrrole nitrogens is 1. The fourth-order valence-corrected chi connectivity index (χ4v) is 5.55. The van der Waals surface area contributed by atoms with Gasteiger partial charge in [-0.3, -0.25) is 18.9 Å². The fraction of sp³-hybridized carbons (Fsp3) is 0.600. The maximum absolute atomic E-state index is 12.0. The SMILES string of the molecule is Cc1cn([C@H]2C[C@H](O)[C@](COP(=O)(O)OP(=O)(O)OP(=O)(O)O)(N=[N+]=[N-])O2)c(=O)[nH]c1=O.[H-].[Na+]. The molecule has 182 valence electrons. The normalized spacial score (nSPS) is 26.5. The van der Waals surface area contributed by atoms with Crippen LogP contribution in [0.25, 0.3) is 10.4 Å². The molecule has 0 radical (unpaired) electrons. The first kappa shape index (κ1) is 30.4. The van der Waals surface area contributed by atoms with Gasteiger partial charge in [0.2, 0.25) is 0 Å². The van der Waals surface area contributed by atoms with Gasteiger partial charge in [-0.25, -0.2) is 18.5 Å². The van der Waals surface area contributed by atoms with Gasteiger partial charge in [0.1, 0.15) is 6.23 Å². The minimum atomic E-state index is -5.81. The summed E-state index contributed by atoms with van der Waals surface area (Å²) in [6, 6.07) is 0. The van der Waals surface area contributed by atoms with Crippen LogP contribution in [0.2, 0.25) is 0 Å². The molecule has 1 aromatic heterocycles. The number of aromatic amines is 1. The number of aliphatic hydroxyl groups excluding tert-OH is 1. The summed E-state index contributed by atoms with van der Waals surface area (Å²) in [5.74, 6) is 0. The second kappa shape index (κ2) is 10.9. The van der Waals surface area contributed by atoms with Gasteiger partial charge in [0, 0.05) is 23.1 Å². The molecule has 33 heavy (non-hydrogen) atoms. The van der Waals surface area contributed by atoms with Crippen LogP contribution in [0.5, 0.6) is 0 Å². The molecule has 5 atom stereocenters. The number of aliphatic hydroxyl groups is 1. The van der Waals surface area contributed by atoms with Crippen LogP contribution < -0.4 is 40.8 Å².